The van der Waals surface area contributed by atoms with Gasteiger partial charge in [0, 0.05) is 25.2 Å². The quantitative estimate of drug-likeness (QED) is 0.924. The minimum Gasteiger partial charge on any atom is -0.493 e. The van der Waals surface area contributed by atoms with E-state index in [1.807, 2.05) is 13.8 Å². The second-order valence-corrected chi connectivity index (χ2v) is 5.88. The second kappa shape index (κ2) is 5.61. The minimum atomic E-state index is -0.493. The summed E-state index contributed by atoms with van der Waals surface area (Å²) < 4.78 is 11.1. The number of hydrogen-bond acceptors (Lipinski definition) is 5. The summed E-state index contributed by atoms with van der Waals surface area (Å²) in [6.07, 6.45) is 1.75. The van der Waals surface area contributed by atoms with Crippen LogP contribution in [0.1, 0.15) is 30.6 Å². The molecule has 0 radical (unpaired) electrons. The van der Waals surface area contributed by atoms with Crippen LogP contribution in [0.3, 0.4) is 0 Å². The fourth-order valence-corrected chi connectivity index (χ4v) is 2.87. The topological polar surface area (TPSA) is 71.4 Å². The van der Waals surface area contributed by atoms with E-state index >= 15 is 0 Å². The van der Waals surface area contributed by atoms with Crippen LogP contribution in [0.2, 0.25) is 0 Å². The molecule has 0 aromatic heterocycles. The van der Waals surface area contributed by atoms with E-state index in [1.54, 1.807) is 30.4 Å². The van der Waals surface area contributed by atoms with E-state index < -0.39 is 6.10 Å². The van der Waals surface area contributed by atoms with Crippen LogP contribution >= 0.6 is 0 Å². The third kappa shape index (κ3) is 2.54. The van der Waals surface area contributed by atoms with Gasteiger partial charge in [0.15, 0.2) is 11.5 Å². The van der Waals surface area contributed by atoms with Gasteiger partial charge in [0.1, 0.15) is 0 Å². The van der Waals surface area contributed by atoms with Gasteiger partial charge in [-0.1, -0.05) is 0 Å². The Kier molecular flexibility index (Phi) is 3.78. The number of carbonyl (C=O) groups excluding carboxylic acids is 1. The summed E-state index contributed by atoms with van der Waals surface area (Å²) in [6, 6.07) is 3.25. The van der Waals surface area contributed by atoms with Crippen LogP contribution in [0.15, 0.2) is 17.1 Å². The number of rotatable bonds is 3. The maximum absolute atomic E-state index is 12.7. The van der Waals surface area contributed by atoms with Gasteiger partial charge < -0.3 is 19.5 Å². The molecule has 0 spiro atoms. The molecular weight excluding hydrogens is 284 g/mol. The largest absolute Gasteiger partial charge is 0.493 e. The third-order valence-electron chi connectivity index (χ3n) is 3.84. The molecular formula is C16H20N2O4. The molecule has 2 aliphatic rings. The lowest BCUT2D eigenvalue weighted by Crippen LogP contribution is -2.35. The zero-order valence-corrected chi connectivity index (χ0v) is 12.9. The number of nitrogens with zero attached hydrogens (tertiary/aromatic N) is 2. The summed E-state index contributed by atoms with van der Waals surface area (Å²) in [4.78, 5) is 18.8. The highest BCUT2D eigenvalue weighted by atomic mass is 16.5. The second-order valence-electron chi connectivity index (χ2n) is 5.88. The van der Waals surface area contributed by atoms with E-state index in [0.29, 0.717) is 35.7 Å². The molecule has 2 atom stereocenters. The van der Waals surface area contributed by atoms with Gasteiger partial charge in [-0.2, -0.15) is 0 Å². The van der Waals surface area contributed by atoms with Crippen molar-refractivity contribution in [2.75, 3.05) is 13.7 Å². The Balaban J connectivity index is 2.04. The third-order valence-corrected chi connectivity index (χ3v) is 3.84. The van der Waals surface area contributed by atoms with E-state index in [1.165, 1.54) is 0 Å². The first kappa shape index (κ1) is 14.8. The maximum Gasteiger partial charge on any atom is 0.256 e. The van der Waals surface area contributed by atoms with Crippen molar-refractivity contribution < 1.29 is 19.4 Å². The van der Waals surface area contributed by atoms with E-state index in [0.717, 1.165) is 0 Å². The fraction of sp³-hybridized carbons (Fsp3) is 0.500. The number of ether oxygens (including phenoxy) is 2. The molecule has 118 valence electrons. The highest BCUT2D eigenvalue weighted by Crippen LogP contribution is 2.38. The van der Waals surface area contributed by atoms with Crippen molar-refractivity contribution in [1.82, 2.24) is 4.90 Å². The summed E-state index contributed by atoms with van der Waals surface area (Å²) in [6.45, 7) is 4.19. The van der Waals surface area contributed by atoms with Gasteiger partial charge in [-0.05, 0) is 19.9 Å². The molecule has 2 unspecified atom stereocenters. The molecule has 0 bridgehead atoms. The molecule has 22 heavy (non-hydrogen) atoms. The van der Waals surface area contributed by atoms with Gasteiger partial charge in [-0.15, -0.1) is 0 Å². The molecule has 1 aromatic rings. The number of benzene rings is 1. The zero-order valence-electron chi connectivity index (χ0n) is 12.9. The van der Waals surface area contributed by atoms with Crippen molar-refractivity contribution in [2.45, 2.75) is 38.5 Å². The van der Waals surface area contributed by atoms with Crippen LogP contribution in [0.25, 0.3) is 0 Å². The Morgan fingerprint density at radius 3 is 2.82 bits per heavy atom. The number of carbonyl (C=O) groups is 1. The first-order valence-corrected chi connectivity index (χ1v) is 7.41. The van der Waals surface area contributed by atoms with Gasteiger partial charge in [-0.3, -0.25) is 9.79 Å². The molecule has 3 rings (SSSR count). The zero-order chi connectivity index (χ0) is 15.9. The molecule has 1 aromatic carbocycles. The first-order chi connectivity index (χ1) is 10.5. The number of aliphatic hydroxyl groups excluding tert-OH is 1. The molecule has 6 heteroatoms. The highest BCUT2D eigenvalue weighted by molar-refractivity contribution is 6.03. The monoisotopic (exact) mass is 304 g/mol. The van der Waals surface area contributed by atoms with Gasteiger partial charge in [0.2, 0.25) is 0 Å². The van der Waals surface area contributed by atoms with Crippen LogP contribution in [-0.4, -0.2) is 54.0 Å². The van der Waals surface area contributed by atoms with Crippen LogP contribution in [0.4, 0.5) is 5.69 Å². The predicted octanol–water partition coefficient (Wildman–Crippen LogP) is 1.77. The maximum atomic E-state index is 12.7. The lowest BCUT2D eigenvalue weighted by molar-refractivity contribution is 0.0749. The van der Waals surface area contributed by atoms with Crippen molar-refractivity contribution in [3.63, 3.8) is 0 Å². The fourth-order valence-electron chi connectivity index (χ4n) is 2.87. The Labute approximate surface area is 129 Å². The first-order valence-electron chi connectivity index (χ1n) is 7.41. The minimum absolute atomic E-state index is 0.00399. The van der Waals surface area contributed by atoms with E-state index in [2.05, 4.69) is 4.99 Å². The van der Waals surface area contributed by atoms with Crippen LogP contribution < -0.4 is 9.47 Å². The number of hydrogen-bond donors (Lipinski definition) is 1. The Bertz CT molecular complexity index is 627. The molecule has 1 N–H and O–H groups in total. The highest BCUT2D eigenvalue weighted by Gasteiger charge is 2.36. The van der Waals surface area contributed by atoms with E-state index in [9.17, 15) is 9.90 Å². The predicted molar refractivity (Wildman–Crippen MR) is 82.4 cm³/mol. The summed E-state index contributed by atoms with van der Waals surface area (Å²) >= 11 is 0. The molecule has 0 saturated carbocycles. The molecule has 1 fully saturated rings. The van der Waals surface area contributed by atoms with Gasteiger partial charge in [0.05, 0.1) is 36.6 Å². The molecule has 2 heterocycles. The number of aliphatic imine (C=N–C) groups is 1. The van der Waals surface area contributed by atoms with Crippen LogP contribution in [0, 0.1) is 0 Å². The lowest BCUT2D eigenvalue weighted by Gasteiger charge is -2.20. The van der Waals surface area contributed by atoms with E-state index in [4.69, 9.17) is 9.47 Å². The lowest BCUT2D eigenvalue weighted by atomic mass is 10.1. The Hall–Kier alpha value is -2.08. The van der Waals surface area contributed by atoms with Gasteiger partial charge >= 0.3 is 0 Å². The SMILES string of the molecule is COc1cc2c(cc1OC(C)C)N=CC1CC(O)CN1C2=O. The summed E-state index contributed by atoms with van der Waals surface area (Å²) in [7, 11) is 1.54. The average Bonchev–Trinajstić information content (AvgIpc) is 2.79. The summed E-state index contributed by atoms with van der Waals surface area (Å²) in [5.74, 6) is 0.945. The number of amides is 1. The van der Waals surface area contributed by atoms with Gasteiger partial charge in [-0.25, -0.2) is 0 Å². The van der Waals surface area contributed by atoms with Crippen molar-refractivity contribution in [3.8, 4) is 11.5 Å². The number of aliphatic hydroxyl groups is 1. The molecule has 1 saturated heterocycles. The van der Waals surface area contributed by atoms with Gasteiger partial charge in [0.25, 0.3) is 5.91 Å². The smallest absolute Gasteiger partial charge is 0.256 e. The Morgan fingerprint density at radius 2 is 2.14 bits per heavy atom. The van der Waals surface area contributed by atoms with Crippen LogP contribution in [-0.2, 0) is 0 Å². The van der Waals surface area contributed by atoms with Crippen molar-refractivity contribution in [3.05, 3.63) is 17.7 Å². The number of fused-ring (bicyclic) bond motifs is 2. The average molecular weight is 304 g/mol. The molecule has 0 aliphatic carbocycles. The summed E-state index contributed by atoms with van der Waals surface area (Å²) in [5, 5.41) is 9.76. The molecule has 2 aliphatic heterocycles. The molecule has 1 amide bonds. The van der Waals surface area contributed by atoms with Crippen molar-refractivity contribution >= 4 is 17.8 Å². The molecule has 6 nitrogen and oxygen atoms in total. The van der Waals surface area contributed by atoms with Crippen molar-refractivity contribution in [1.29, 1.82) is 0 Å². The number of methoxy groups -OCH3 is 1. The Morgan fingerprint density at radius 1 is 1.36 bits per heavy atom. The normalized spacial score (nSPS) is 23.3. The standard InChI is InChI=1S/C16H20N2O4/c1-9(2)22-15-6-13-12(5-14(15)21-3)16(20)18-8-11(19)4-10(18)7-17-13/h5-7,9-11,19H,4,8H2,1-3H3. The van der Waals surface area contributed by atoms with Crippen LogP contribution in [0.5, 0.6) is 11.5 Å². The van der Waals surface area contributed by atoms with E-state index in [-0.39, 0.29) is 18.1 Å². The van der Waals surface area contributed by atoms with Crippen molar-refractivity contribution in [2.24, 2.45) is 4.99 Å². The summed E-state index contributed by atoms with van der Waals surface area (Å²) in [5.41, 5.74) is 1.05.